The molecule has 1 aliphatic carbocycles. The van der Waals surface area contributed by atoms with E-state index in [1.807, 2.05) is 56.4 Å². The summed E-state index contributed by atoms with van der Waals surface area (Å²) in [7, 11) is 0. The molecule has 2 N–H and O–H groups in total. The molecule has 0 aromatic heterocycles. The van der Waals surface area contributed by atoms with Crippen LogP contribution in [0.1, 0.15) is 20.3 Å². The van der Waals surface area contributed by atoms with Gasteiger partial charge in [-0.15, -0.1) is 0 Å². The zero-order valence-corrected chi connectivity index (χ0v) is 9.23. The molecule has 80 valence electrons. The predicted octanol–water partition coefficient (Wildman–Crippen LogP) is 2.29. The Balaban J connectivity index is 2.75. The van der Waals surface area contributed by atoms with Crippen LogP contribution in [0.5, 0.6) is 0 Å². The summed E-state index contributed by atoms with van der Waals surface area (Å²) in [6.07, 6.45) is 13.4. The topological polar surface area (TPSA) is 43.1 Å². The lowest BCUT2D eigenvalue weighted by Gasteiger charge is -2.17. The smallest absolute Gasteiger partial charge is 0.164 e. The molecule has 0 saturated heterocycles. The van der Waals surface area contributed by atoms with E-state index in [-0.39, 0.29) is 5.78 Å². The first-order valence-corrected chi connectivity index (χ1v) is 5.03. The molecule has 0 fully saturated rings. The maximum Gasteiger partial charge on any atom is 0.164 e. The summed E-state index contributed by atoms with van der Waals surface area (Å²) in [5.74, 6) is 0.0821. The number of Topliss-reactive ketones (excluding diaryl/α,β-unsaturated/α-hetero) is 1. The van der Waals surface area contributed by atoms with Gasteiger partial charge in [0.05, 0.1) is 0 Å². The SMILES string of the molecule is CC(C)(N)CC(=O)C1=C/C=C\C=C/C=C\1. The van der Waals surface area contributed by atoms with Crippen LogP contribution in [0.4, 0.5) is 0 Å². The summed E-state index contributed by atoms with van der Waals surface area (Å²) in [6.45, 7) is 3.71. The fraction of sp³-hybridized carbons (Fsp3) is 0.308. The van der Waals surface area contributed by atoms with E-state index in [4.69, 9.17) is 5.73 Å². The van der Waals surface area contributed by atoms with Crippen molar-refractivity contribution in [1.82, 2.24) is 0 Å². The van der Waals surface area contributed by atoms with Gasteiger partial charge in [-0.1, -0.05) is 42.5 Å². The molecular weight excluding hydrogens is 186 g/mol. The van der Waals surface area contributed by atoms with E-state index >= 15 is 0 Å². The van der Waals surface area contributed by atoms with Crippen molar-refractivity contribution in [2.75, 3.05) is 0 Å². The van der Waals surface area contributed by atoms with E-state index in [0.29, 0.717) is 12.0 Å². The molecule has 0 aliphatic heterocycles. The third-order valence-corrected chi connectivity index (χ3v) is 1.93. The first kappa shape index (κ1) is 11.7. The molecule has 0 spiro atoms. The van der Waals surface area contributed by atoms with Crippen molar-refractivity contribution in [1.29, 1.82) is 0 Å². The largest absolute Gasteiger partial charge is 0.325 e. The Morgan fingerprint density at radius 1 is 1.20 bits per heavy atom. The van der Waals surface area contributed by atoms with Gasteiger partial charge in [-0.05, 0) is 13.8 Å². The van der Waals surface area contributed by atoms with Crippen LogP contribution in [0.3, 0.4) is 0 Å². The number of rotatable bonds is 3. The molecule has 0 atom stereocenters. The van der Waals surface area contributed by atoms with Gasteiger partial charge in [0.1, 0.15) is 0 Å². The summed E-state index contributed by atoms with van der Waals surface area (Å²) >= 11 is 0. The highest BCUT2D eigenvalue weighted by atomic mass is 16.1. The minimum absolute atomic E-state index is 0.0821. The summed E-state index contributed by atoms with van der Waals surface area (Å²) in [5, 5.41) is 0. The summed E-state index contributed by atoms with van der Waals surface area (Å²) in [5.41, 5.74) is 6.06. The summed E-state index contributed by atoms with van der Waals surface area (Å²) in [4.78, 5) is 11.8. The number of ketones is 1. The van der Waals surface area contributed by atoms with Gasteiger partial charge in [-0.3, -0.25) is 4.79 Å². The Hall–Kier alpha value is -1.41. The molecule has 0 aromatic rings. The van der Waals surface area contributed by atoms with Gasteiger partial charge in [0, 0.05) is 17.5 Å². The van der Waals surface area contributed by atoms with Gasteiger partial charge in [-0.25, -0.2) is 0 Å². The van der Waals surface area contributed by atoms with Crippen LogP contribution in [-0.2, 0) is 4.79 Å². The second-order valence-corrected chi connectivity index (χ2v) is 4.34. The summed E-state index contributed by atoms with van der Waals surface area (Å²) < 4.78 is 0. The molecule has 0 bridgehead atoms. The highest BCUT2D eigenvalue weighted by Gasteiger charge is 2.17. The van der Waals surface area contributed by atoms with Crippen LogP contribution < -0.4 is 5.73 Å². The van der Waals surface area contributed by atoms with Crippen molar-refractivity contribution in [2.45, 2.75) is 25.8 Å². The van der Waals surface area contributed by atoms with Crippen molar-refractivity contribution in [3.63, 3.8) is 0 Å². The first-order valence-electron chi connectivity index (χ1n) is 5.03. The van der Waals surface area contributed by atoms with Crippen LogP contribution in [0, 0.1) is 0 Å². The Morgan fingerprint density at radius 2 is 1.80 bits per heavy atom. The van der Waals surface area contributed by atoms with Crippen molar-refractivity contribution < 1.29 is 4.79 Å². The second-order valence-electron chi connectivity index (χ2n) is 4.34. The average molecular weight is 203 g/mol. The Bertz CT molecular complexity index is 351. The van der Waals surface area contributed by atoms with Crippen molar-refractivity contribution in [3.05, 3.63) is 48.1 Å². The standard InChI is InChI=1S/C13H17NO/c1-13(2,14)10-12(15)11-8-6-4-3-5-7-9-11/h3-9H,10,14H2,1-2H3/b4-3-,5-3?,6-4?,7-5-,8-6-,9-7?,11-8?,11-9+. The Kier molecular flexibility index (Phi) is 3.81. The molecule has 0 heterocycles. The van der Waals surface area contributed by atoms with E-state index in [9.17, 15) is 4.79 Å². The number of carbonyl (C=O) groups excluding carboxylic acids is 1. The van der Waals surface area contributed by atoms with Crippen LogP contribution in [-0.4, -0.2) is 11.3 Å². The van der Waals surface area contributed by atoms with Gasteiger partial charge in [0.25, 0.3) is 0 Å². The number of allylic oxidation sites excluding steroid dienone is 8. The van der Waals surface area contributed by atoms with E-state index in [1.165, 1.54) is 0 Å². The normalized spacial score (nSPS) is 25.7. The zero-order chi connectivity index (χ0) is 11.3. The van der Waals surface area contributed by atoms with E-state index < -0.39 is 5.54 Å². The zero-order valence-electron chi connectivity index (χ0n) is 9.23. The molecule has 2 heteroatoms. The lowest BCUT2D eigenvalue weighted by atomic mass is 9.94. The molecule has 0 aromatic carbocycles. The maximum absolute atomic E-state index is 11.8. The Labute approximate surface area is 90.9 Å². The molecule has 0 amide bonds. The van der Waals surface area contributed by atoms with E-state index in [1.54, 1.807) is 0 Å². The van der Waals surface area contributed by atoms with Gasteiger partial charge in [0.15, 0.2) is 5.78 Å². The van der Waals surface area contributed by atoms with Gasteiger partial charge in [0.2, 0.25) is 0 Å². The van der Waals surface area contributed by atoms with Gasteiger partial charge >= 0.3 is 0 Å². The molecule has 1 rings (SSSR count). The number of nitrogens with two attached hydrogens (primary N) is 1. The molecular formula is C13H17NO. The molecule has 15 heavy (non-hydrogen) atoms. The second kappa shape index (κ2) is 4.89. The molecule has 0 saturated carbocycles. The fourth-order valence-corrected chi connectivity index (χ4v) is 1.27. The predicted molar refractivity (Wildman–Crippen MR) is 63.4 cm³/mol. The maximum atomic E-state index is 11.8. The Morgan fingerprint density at radius 3 is 2.47 bits per heavy atom. The molecule has 1 aliphatic rings. The molecule has 2 nitrogen and oxygen atoms in total. The minimum atomic E-state index is -0.451. The highest BCUT2D eigenvalue weighted by molar-refractivity contribution is 5.99. The third kappa shape index (κ3) is 4.56. The lowest BCUT2D eigenvalue weighted by Crippen LogP contribution is -2.34. The number of hydrogen-bond donors (Lipinski definition) is 1. The third-order valence-electron chi connectivity index (χ3n) is 1.93. The quantitative estimate of drug-likeness (QED) is 0.764. The molecule has 0 radical (unpaired) electrons. The molecule has 0 unspecified atom stereocenters. The number of carbonyl (C=O) groups is 1. The van der Waals surface area contributed by atoms with Crippen LogP contribution in [0.25, 0.3) is 0 Å². The van der Waals surface area contributed by atoms with Crippen molar-refractivity contribution in [2.24, 2.45) is 5.73 Å². The lowest BCUT2D eigenvalue weighted by molar-refractivity contribution is -0.116. The summed E-state index contributed by atoms with van der Waals surface area (Å²) in [6, 6.07) is 0. The van der Waals surface area contributed by atoms with E-state index in [0.717, 1.165) is 0 Å². The van der Waals surface area contributed by atoms with Crippen LogP contribution >= 0.6 is 0 Å². The fourth-order valence-electron chi connectivity index (χ4n) is 1.27. The monoisotopic (exact) mass is 203 g/mol. The highest BCUT2D eigenvalue weighted by Crippen LogP contribution is 2.12. The van der Waals surface area contributed by atoms with Crippen LogP contribution in [0.15, 0.2) is 48.1 Å². The van der Waals surface area contributed by atoms with Gasteiger partial charge in [-0.2, -0.15) is 0 Å². The van der Waals surface area contributed by atoms with Gasteiger partial charge < -0.3 is 5.73 Å². The minimum Gasteiger partial charge on any atom is -0.325 e. The van der Waals surface area contributed by atoms with Crippen LogP contribution in [0.2, 0.25) is 0 Å². The van der Waals surface area contributed by atoms with Crippen molar-refractivity contribution in [3.8, 4) is 0 Å². The van der Waals surface area contributed by atoms with Crippen molar-refractivity contribution >= 4 is 5.78 Å². The van der Waals surface area contributed by atoms with E-state index in [2.05, 4.69) is 0 Å². The number of hydrogen-bond acceptors (Lipinski definition) is 2. The first-order chi connectivity index (χ1) is 6.99. The average Bonchev–Trinajstić information content (AvgIpc) is 1.98.